The van der Waals surface area contributed by atoms with Crippen LogP contribution in [0.3, 0.4) is 0 Å². The second-order valence-corrected chi connectivity index (χ2v) is 31.6. The first-order valence-electron chi connectivity index (χ1n) is 37.3. The zero-order valence-corrected chi connectivity index (χ0v) is 62.7. The number of nitrogens with one attached hydrogen (secondary N) is 3. The van der Waals surface area contributed by atoms with Crippen LogP contribution in [0.25, 0.3) is 0 Å². The van der Waals surface area contributed by atoms with Crippen LogP contribution in [0, 0.1) is 35.5 Å². The van der Waals surface area contributed by atoms with Gasteiger partial charge in [0, 0.05) is 74.2 Å². The highest BCUT2D eigenvalue weighted by molar-refractivity contribution is 6.21. The maximum atomic E-state index is 16.2. The van der Waals surface area contributed by atoms with E-state index in [1.54, 1.807) is 18.7 Å². The number of fused-ring (bicyclic) bond motifs is 1. The van der Waals surface area contributed by atoms with Crippen LogP contribution in [0.2, 0.25) is 0 Å². The standard InChI is InChI=1S/C72H114ClF5N12O12/c1-12-21-52-62(95)80-60(45(4)13-2)67(100)84(7)41-58(93)82(5)42-59(94)86(9)53(37-47-26-24-44(3)25-27-47)65(98)83(6)40-56(91)79-51(31-29-46-28-30-49(50(73)36-46)72(76,77)78)64(97)90-43-71(74,75)39-55(90)63(96)81-70(32-17-18-33-70)69(102)88(11)61(48-22-15-14-16-23-48)68(101)87(10)54(38-57(92)85(52)8)66(99)89-34-19-20-35-89/h44-55,60-61H,12-43H2,1-11H3,(H,79,91)(H,80,95)(H,81,96)/t44?,45-,46?,47?,49?,50?,51-,52-,53-,54-,55-,60-,61-/m0/s1. The summed E-state index contributed by atoms with van der Waals surface area (Å²) in [7, 11) is 9.63. The molecule has 3 saturated heterocycles. The van der Waals surface area contributed by atoms with Gasteiger partial charge in [-0.05, 0) is 113 Å². The molecule has 102 heavy (non-hydrogen) atoms. The van der Waals surface area contributed by atoms with E-state index in [9.17, 15) is 51.5 Å². The molecule has 0 bridgehead atoms. The largest absolute Gasteiger partial charge is 0.393 e. The molecule has 576 valence electrons. The Balaban J connectivity index is 1.29. The van der Waals surface area contributed by atoms with Crippen molar-refractivity contribution in [3.8, 4) is 0 Å². The molecule has 0 aromatic carbocycles. The van der Waals surface area contributed by atoms with E-state index in [1.807, 2.05) is 6.92 Å². The summed E-state index contributed by atoms with van der Waals surface area (Å²) in [6, 6.07) is -10.0. The lowest BCUT2D eigenvalue weighted by Gasteiger charge is -2.43. The fraction of sp³-hybridized carbons (Fsp3) is 0.833. The van der Waals surface area contributed by atoms with Crippen LogP contribution in [-0.4, -0.2) is 269 Å². The number of carbonyl (C=O) groups excluding carboxylic acids is 12. The highest BCUT2D eigenvalue weighted by Gasteiger charge is 2.56. The third kappa shape index (κ3) is 20.5. The van der Waals surface area contributed by atoms with E-state index in [0.29, 0.717) is 88.1 Å². The minimum Gasteiger partial charge on any atom is -0.343 e. The summed E-state index contributed by atoms with van der Waals surface area (Å²) in [6.45, 7) is 4.97. The van der Waals surface area contributed by atoms with Gasteiger partial charge in [-0.3, -0.25) is 57.5 Å². The number of nitrogens with zero attached hydrogens (tertiary/aromatic N) is 9. The van der Waals surface area contributed by atoms with Crippen molar-refractivity contribution in [1.82, 2.24) is 60.0 Å². The molecule has 1 spiro atoms. The first-order valence-corrected chi connectivity index (χ1v) is 37.8. The van der Waals surface area contributed by atoms with Crippen molar-refractivity contribution < 1.29 is 79.5 Å². The number of amides is 12. The summed E-state index contributed by atoms with van der Waals surface area (Å²) < 4.78 is 74.5. The second kappa shape index (κ2) is 36.0. The average molecular weight is 1470 g/mol. The van der Waals surface area contributed by atoms with Gasteiger partial charge < -0.3 is 60.0 Å². The third-order valence-corrected chi connectivity index (χ3v) is 24.0. The predicted octanol–water partition coefficient (Wildman–Crippen LogP) is 6.34. The Hall–Kier alpha value is -6.42. The maximum absolute atomic E-state index is 16.2. The fourth-order valence-electron chi connectivity index (χ4n) is 16.7. The lowest BCUT2D eigenvalue weighted by Crippen LogP contribution is -2.65. The van der Waals surface area contributed by atoms with E-state index in [4.69, 9.17) is 11.6 Å². The minimum atomic E-state index is -4.58. The average Bonchev–Trinajstić information content (AvgIpc) is 1.48. The van der Waals surface area contributed by atoms with E-state index < -0.39 is 199 Å². The van der Waals surface area contributed by atoms with Gasteiger partial charge in [0.1, 0.15) is 47.8 Å². The molecule has 3 unspecified atom stereocenters. The van der Waals surface area contributed by atoms with Crippen LogP contribution in [0.15, 0.2) is 0 Å². The Labute approximate surface area is 603 Å². The SMILES string of the molecule is CCC[C@H]1C(=O)N[C@@H]([C@@H](C)CC)C(=O)N(C)CC(=O)N(C)CC(=O)N(C)[C@@H](CC2CCC(C)CC2)C(=O)N(C)CC(=O)N[C@@H](CCC2CCC(C(F)(F)F)C(Cl)C2)C(=O)N2CC(F)(F)C[C@H]2C(=O)NC2(CCCC2)C(=O)N(C)[C@@H](C2CCCCC2)C(=O)N(C)[C@H](C(=O)N2CCCC2)CC(=O)N1C. The van der Waals surface area contributed by atoms with Gasteiger partial charge in [0.25, 0.3) is 5.92 Å². The smallest absolute Gasteiger partial charge is 0.343 e. The van der Waals surface area contributed by atoms with E-state index in [1.165, 1.54) is 68.9 Å². The summed E-state index contributed by atoms with van der Waals surface area (Å²) in [5.41, 5.74) is -1.81. The fourth-order valence-corrected chi connectivity index (χ4v) is 17.2. The van der Waals surface area contributed by atoms with Gasteiger partial charge >= 0.3 is 6.18 Å². The number of likely N-dealkylation sites (tertiary alicyclic amines) is 1. The lowest BCUT2D eigenvalue weighted by molar-refractivity contribution is -0.182. The van der Waals surface area contributed by atoms with E-state index in [0.717, 1.165) is 46.8 Å². The first kappa shape index (κ1) is 82.9. The van der Waals surface area contributed by atoms with Crippen LogP contribution < -0.4 is 16.0 Å². The van der Waals surface area contributed by atoms with Crippen LogP contribution in [0.4, 0.5) is 22.0 Å². The molecular weight excluding hydrogens is 1360 g/mol. The number of rotatable bonds is 11. The van der Waals surface area contributed by atoms with Gasteiger partial charge in [-0.1, -0.05) is 98.3 Å². The second-order valence-electron chi connectivity index (χ2n) is 31.0. The highest BCUT2D eigenvalue weighted by atomic mass is 35.5. The van der Waals surface area contributed by atoms with Crippen molar-refractivity contribution in [2.75, 3.05) is 88.6 Å². The van der Waals surface area contributed by atoms with Crippen molar-refractivity contribution in [2.45, 2.75) is 260 Å². The molecule has 3 N–H and O–H groups in total. The minimum absolute atomic E-state index is 0.00275. The van der Waals surface area contributed by atoms with Crippen molar-refractivity contribution in [3.05, 3.63) is 0 Å². The molecule has 4 aliphatic carbocycles. The normalized spacial score (nSPS) is 31.4. The Morgan fingerprint density at radius 2 is 1.22 bits per heavy atom. The van der Waals surface area contributed by atoms with E-state index in [2.05, 4.69) is 22.9 Å². The van der Waals surface area contributed by atoms with Crippen LogP contribution in [-0.2, 0) is 57.5 Å². The third-order valence-electron chi connectivity index (χ3n) is 23.5. The van der Waals surface area contributed by atoms with Crippen molar-refractivity contribution in [1.29, 1.82) is 0 Å². The first-order chi connectivity index (χ1) is 47.9. The van der Waals surface area contributed by atoms with Gasteiger partial charge in [0.05, 0.1) is 38.5 Å². The monoisotopic (exact) mass is 1470 g/mol. The lowest BCUT2D eigenvalue weighted by atomic mass is 9.78. The van der Waals surface area contributed by atoms with Crippen molar-refractivity contribution in [3.63, 3.8) is 0 Å². The molecular formula is C72H114ClF5N12O12. The Kier molecular flexibility index (Phi) is 29.3. The Bertz CT molecular complexity index is 3000. The van der Waals surface area contributed by atoms with Gasteiger partial charge in [0.2, 0.25) is 70.9 Å². The molecule has 7 rings (SSSR count). The zero-order valence-electron chi connectivity index (χ0n) is 61.9. The molecule has 24 nitrogen and oxygen atoms in total. The van der Waals surface area contributed by atoms with Gasteiger partial charge in [-0.25, -0.2) is 8.78 Å². The Morgan fingerprint density at radius 1 is 0.618 bits per heavy atom. The predicted molar refractivity (Wildman–Crippen MR) is 370 cm³/mol. The number of hydrogen-bond donors (Lipinski definition) is 3. The summed E-state index contributed by atoms with van der Waals surface area (Å²) in [5, 5.41) is 6.97. The molecule has 0 aromatic rings. The van der Waals surface area contributed by atoms with Crippen LogP contribution in [0.5, 0.6) is 0 Å². The molecule has 7 fully saturated rings. The van der Waals surface area contributed by atoms with Crippen LogP contribution >= 0.6 is 11.6 Å². The molecule has 0 radical (unpaired) electrons. The number of carbonyl (C=O) groups is 12. The van der Waals surface area contributed by atoms with Gasteiger partial charge in [-0.15, -0.1) is 11.6 Å². The number of halogens is 6. The summed E-state index contributed by atoms with van der Waals surface area (Å²) in [5.74, 6) is -15.9. The maximum Gasteiger partial charge on any atom is 0.393 e. The number of hydrogen-bond acceptors (Lipinski definition) is 12. The zero-order chi connectivity index (χ0) is 75.5. The molecule has 4 saturated carbocycles. The molecule has 11 atom stereocenters. The number of alkyl halides is 6. The van der Waals surface area contributed by atoms with Gasteiger partial charge in [0.15, 0.2) is 0 Å². The Morgan fingerprint density at radius 3 is 1.81 bits per heavy atom. The highest BCUT2D eigenvalue weighted by Crippen LogP contribution is 2.45. The topological polar surface area (TPSA) is 270 Å². The molecule has 3 heterocycles. The van der Waals surface area contributed by atoms with E-state index in [-0.39, 0.29) is 63.7 Å². The molecule has 0 aromatic heterocycles. The summed E-state index contributed by atoms with van der Waals surface area (Å²) >= 11 is 6.36. The van der Waals surface area contributed by atoms with Crippen molar-refractivity contribution >= 4 is 82.5 Å². The number of likely N-dealkylation sites (N-methyl/N-ethyl adjacent to an activating group) is 7. The molecule has 3 aliphatic heterocycles. The molecule has 7 aliphatic rings. The van der Waals surface area contributed by atoms with Gasteiger partial charge in [-0.2, -0.15) is 13.2 Å². The molecule has 12 amide bonds. The van der Waals surface area contributed by atoms with Crippen molar-refractivity contribution in [2.24, 2.45) is 35.5 Å². The van der Waals surface area contributed by atoms with Crippen LogP contribution in [0.1, 0.15) is 195 Å². The quantitative estimate of drug-likeness (QED) is 0.151. The summed E-state index contributed by atoms with van der Waals surface area (Å²) in [6.07, 6.45) is 2.22. The summed E-state index contributed by atoms with van der Waals surface area (Å²) in [4.78, 5) is 189. The van der Waals surface area contributed by atoms with E-state index >= 15 is 28.0 Å². The molecule has 30 heteroatoms.